The fourth-order valence-corrected chi connectivity index (χ4v) is 7.14. The van der Waals surface area contributed by atoms with Crippen LogP contribution in [0.4, 0.5) is 0 Å². The molecule has 1 heterocycles. The summed E-state index contributed by atoms with van der Waals surface area (Å²) in [6, 6.07) is 14.6. The third-order valence-electron chi connectivity index (χ3n) is 10.3. The van der Waals surface area contributed by atoms with Crippen LogP contribution in [0, 0.1) is 0 Å². The van der Waals surface area contributed by atoms with Crippen molar-refractivity contribution in [1.29, 1.82) is 0 Å². The predicted octanol–water partition coefficient (Wildman–Crippen LogP) is 14.9. The Balaban J connectivity index is 0.00000294. The maximum Gasteiger partial charge on any atom is 0.211 e. The molecule has 0 saturated carbocycles. The number of aryl methyl sites for hydroxylation is 4. The van der Waals surface area contributed by atoms with E-state index in [1.165, 1.54) is 122 Å². The van der Waals surface area contributed by atoms with Crippen molar-refractivity contribution in [3.05, 3.63) is 86.5 Å². The maximum absolute atomic E-state index is 12.4. The van der Waals surface area contributed by atoms with Crippen LogP contribution < -0.4 is 0 Å². The second-order valence-corrected chi connectivity index (χ2v) is 15.5. The van der Waals surface area contributed by atoms with E-state index in [2.05, 4.69) is 77.9 Å². The average Bonchev–Trinajstić information content (AvgIpc) is 3.47. The monoisotopic (exact) mass is 803 g/mol. The van der Waals surface area contributed by atoms with Gasteiger partial charge in [0, 0.05) is 52.0 Å². The number of allylic oxidation sites excluding steroid dienone is 2. The molecule has 1 aliphatic heterocycles. The van der Waals surface area contributed by atoms with Gasteiger partial charge in [0.05, 0.1) is 0 Å². The van der Waals surface area contributed by atoms with Crippen LogP contribution in [0.5, 0.6) is 0 Å². The molecule has 0 radical (unpaired) electrons. The van der Waals surface area contributed by atoms with Gasteiger partial charge < -0.3 is 15.7 Å². The van der Waals surface area contributed by atoms with Gasteiger partial charge >= 0.3 is 0 Å². The van der Waals surface area contributed by atoms with Gasteiger partial charge in [-0.1, -0.05) is 132 Å². The van der Waals surface area contributed by atoms with Crippen molar-refractivity contribution in [2.24, 2.45) is 0 Å². The number of rotatable bonds is 26. The number of nitrogens with zero attached hydrogens (tertiary/aromatic N) is 2. The zero-order valence-corrected chi connectivity index (χ0v) is 37.9. The van der Waals surface area contributed by atoms with Gasteiger partial charge in [0.2, 0.25) is 11.4 Å². The Morgan fingerprint density at radius 2 is 0.655 bits per heavy atom. The molecule has 5 heteroatoms. The fraction of sp³-hybridized carbons (Fsp3) is 0.680. The first-order valence-corrected chi connectivity index (χ1v) is 22.8. The molecule has 0 aliphatic carbocycles. The Morgan fingerprint density at radius 3 is 0.927 bits per heavy atom. The predicted molar refractivity (Wildman–Crippen MR) is 237 cm³/mol. The van der Waals surface area contributed by atoms with Gasteiger partial charge in [-0.05, 0) is 136 Å². The second-order valence-electron chi connectivity index (χ2n) is 15.5. The van der Waals surface area contributed by atoms with E-state index in [4.69, 9.17) is 10.2 Å². The molecule has 3 rings (SSSR count). The Kier molecular flexibility index (Phi) is 32.7. The molecule has 55 heavy (non-hydrogen) atoms. The van der Waals surface area contributed by atoms with Crippen LogP contribution in [0.3, 0.4) is 0 Å². The first-order chi connectivity index (χ1) is 26.3. The van der Waals surface area contributed by atoms with Crippen LogP contribution in [-0.4, -0.2) is 28.1 Å². The van der Waals surface area contributed by atoms with Gasteiger partial charge in [0.1, 0.15) is 0 Å². The second kappa shape index (κ2) is 34.0. The minimum Gasteiger partial charge on any atom is -0.493 e. The van der Waals surface area contributed by atoms with Crippen LogP contribution in [0.2, 0.25) is 0 Å². The molecule has 316 valence electrons. The van der Waals surface area contributed by atoms with Gasteiger partial charge in [0.15, 0.2) is 0 Å². The number of aliphatic hydroxyl groups excluding tert-OH is 2. The summed E-state index contributed by atoms with van der Waals surface area (Å²) in [4.78, 5) is 0. The molecule has 0 bridgehead atoms. The van der Waals surface area contributed by atoms with Gasteiger partial charge in [0.25, 0.3) is 0 Å². The van der Waals surface area contributed by atoms with Crippen molar-refractivity contribution >= 4 is 11.4 Å². The third kappa shape index (κ3) is 20.3. The molecule has 4 nitrogen and oxygen atoms in total. The summed E-state index contributed by atoms with van der Waals surface area (Å²) in [6.45, 7) is 18.2. The standard InChI is InChI=1S/C44H68N2.2C3H8O.Ni/c1-7-13-19-21-25-37-30-38(26-22-20-14-8-2)34-40(33-37)44-42(28-18-12-6)41(27-17-11-5)43(46(44)45)39-31-35(23-15-9-3)29-36(32-39)24-16-10-4;2*1-2-3-4;/h29-34H,7-28H2,1-6H3;2*4H,2-3H2,1H3;. The van der Waals surface area contributed by atoms with Crippen LogP contribution in [0.25, 0.3) is 16.9 Å². The normalized spacial score (nSPS) is 12.4. The molecular weight excluding hydrogens is 719 g/mol. The largest absolute Gasteiger partial charge is 0.493 e. The van der Waals surface area contributed by atoms with Crippen molar-refractivity contribution in [2.75, 3.05) is 13.2 Å². The SMILES string of the molecule is CCCCCCc1cc(CCCCCC)cc(C2=C(CCCC)C(CCCC)=C(c3cc(CCCC)cc(CCCC)c3)[N+]2=[N-])c1.CCCO.CCCO.[Ni]. The van der Waals surface area contributed by atoms with Crippen molar-refractivity contribution in [3.63, 3.8) is 0 Å². The van der Waals surface area contributed by atoms with E-state index in [-0.39, 0.29) is 16.5 Å². The average molecular weight is 804 g/mol. The van der Waals surface area contributed by atoms with Gasteiger partial charge in [-0.2, -0.15) is 0 Å². The van der Waals surface area contributed by atoms with Crippen molar-refractivity contribution < 1.29 is 31.4 Å². The molecule has 2 aromatic carbocycles. The van der Waals surface area contributed by atoms with Gasteiger partial charge in [-0.3, -0.25) is 0 Å². The van der Waals surface area contributed by atoms with Crippen LogP contribution >= 0.6 is 0 Å². The first-order valence-electron chi connectivity index (χ1n) is 22.8. The first kappa shape index (κ1) is 52.9. The Labute approximate surface area is 350 Å². The summed E-state index contributed by atoms with van der Waals surface area (Å²) in [5, 5.41) is 15.8. The molecule has 1 aliphatic rings. The van der Waals surface area contributed by atoms with Crippen molar-refractivity contribution in [2.45, 2.75) is 209 Å². The third-order valence-corrected chi connectivity index (χ3v) is 10.3. The molecular formula is C50H84N2NiO2. The van der Waals surface area contributed by atoms with Gasteiger partial charge in [-0.15, -0.1) is 0 Å². The van der Waals surface area contributed by atoms with Crippen LogP contribution in [-0.2, 0) is 42.2 Å². The molecule has 0 atom stereocenters. The number of unbranched alkanes of at least 4 members (excludes halogenated alkanes) is 10. The zero-order chi connectivity index (χ0) is 40.0. The molecule has 2 N–H and O–H groups in total. The molecule has 0 fully saturated rings. The fourth-order valence-electron chi connectivity index (χ4n) is 7.14. The number of hydrogen-bond donors (Lipinski definition) is 2. The van der Waals surface area contributed by atoms with Crippen LogP contribution in [0.1, 0.15) is 217 Å². The summed E-state index contributed by atoms with van der Waals surface area (Å²) in [7, 11) is 0. The van der Waals surface area contributed by atoms with E-state index in [0.717, 1.165) is 88.4 Å². The Bertz CT molecular complexity index is 1300. The van der Waals surface area contributed by atoms with E-state index >= 15 is 0 Å². The number of benzene rings is 2. The number of hydrogen-bond acceptors (Lipinski definition) is 2. The summed E-state index contributed by atoms with van der Waals surface area (Å²) in [5.41, 5.74) is 25.5. The molecule has 2 aromatic rings. The maximum atomic E-state index is 12.4. The summed E-state index contributed by atoms with van der Waals surface area (Å²) in [6.07, 6.45) is 27.9. The number of aliphatic hydroxyl groups is 2. The summed E-state index contributed by atoms with van der Waals surface area (Å²) in [5.74, 6) is 0. The molecule has 0 aromatic heterocycles. The quantitative estimate of drug-likeness (QED) is 0.0565. The molecule has 0 saturated heterocycles. The molecule has 0 unspecified atom stereocenters. The van der Waals surface area contributed by atoms with E-state index in [1.807, 2.05) is 13.8 Å². The molecule has 0 spiro atoms. The van der Waals surface area contributed by atoms with Crippen LogP contribution in [0.15, 0.2) is 47.5 Å². The summed E-state index contributed by atoms with van der Waals surface area (Å²) < 4.78 is 1.65. The molecule has 0 amide bonds. The van der Waals surface area contributed by atoms with E-state index in [1.54, 1.807) is 4.70 Å². The Morgan fingerprint density at radius 1 is 0.382 bits per heavy atom. The topological polar surface area (TPSA) is 65.8 Å². The minimum atomic E-state index is 0. The zero-order valence-electron chi connectivity index (χ0n) is 37.0. The van der Waals surface area contributed by atoms with Crippen molar-refractivity contribution in [3.8, 4) is 0 Å². The van der Waals surface area contributed by atoms with Gasteiger partial charge in [-0.25, -0.2) is 4.70 Å². The minimum absolute atomic E-state index is 0. The van der Waals surface area contributed by atoms with E-state index < -0.39 is 0 Å². The van der Waals surface area contributed by atoms with Crippen molar-refractivity contribution in [1.82, 2.24) is 0 Å². The smallest absolute Gasteiger partial charge is 0.211 e. The Hall–Kier alpha value is -2.07. The summed E-state index contributed by atoms with van der Waals surface area (Å²) >= 11 is 0. The van der Waals surface area contributed by atoms with E-state index in [9.17, 15) is 5.53 Å². The van der Waals surface area contributed by atoms with E-state index in [0.29, 0.717) is 13.2 Å².